The first-order valence-corrected chi connectivity index (χ1v) is 6.34. The fourth-order valence-electron chi connectivity index (χ4n) is 1.84. The molecule has 1 heterocycles. The summed E-state index contributed by atoms with van der Waals surface area (Å²) in [5, 5.41) is 6.96. The van der Waals surface area contributed by atoms with Crippen molar-refractivity contribution < 1.29 is 9.18 Å². The minimum Gasteiger partial charge on any atom is -0.348 e. The van der Waals surface area contributed by atoms with E-state index < -0.39 is 0 Å². The van der Waals surface area contributed by atoms with Gasteiger partial charge < -0.3 is 11.1 Å². The molecule has 2 rings (SSSR count). The van der Waals surface area contributed by atoms with Crippen molar-refractivity contribution in [1.82, 2.24) is 15.1 Å². The minimum atomic E-state index is -0.312. The number of benzene rings is 1. The number of halogens is 1. The van der Waals surface area contributed by atoms with Crippen LogP contribution in [-0.4, -0.2) is 28.3 Å². The van der Waals surface area contributed by atoms with Crippen LogP contribution in [-0.2, 0) is 0 Å². The molecule has 0 bridgehead atoms. The number of nitrogens with two attached hydrogens (primary N) is 1. The summed E-state index contributed by atoms with van der Waals surface area (Å²) in [7, 11) is 0. The molecule has 6 heteroatoms. The third-order valence-electron chi connectivity index (χ3n) is 3.06. The Kier molecular flexibility index (Phi) is 4.14. The second-order valence-electron chi connectivity index (χ2n) is 4.64. The number of aromatic nitrogens is 2. The van der Waals surface area contributed by atoms with E-state index in [1.54, 1.807) is 23.7 Å². The van der Waals surface area contributed by atoms with Crippen LogP contribution in [0.4, 0.5) is 4.39 Å². The molecule has 20 heavy (non-hydrogen) atoms. The second-order valence-corrected chi connectivity index (χ2v) is 4.64. The Bertz CT molecular complexity index is 606. The van der Waals surface area contributed by atoms with Gasteiger partial charge in [-0.05, 0) is 38.1 Å². The summed E-state index contributed by atoms with van der Waals surface area (Å²) in [5.74, 6) is -0.526. The van der Waals surface area contributed by atoms with Crippen LogP contribution >= 0.6 is 0 Å². The average molecular weight is 276 g/mol. The van der Waals surface area contributed by atoms with E-state index in [0.717, 1.165) is 0 Å². The summed E-state index contributed by atoms with van der Waals surface area (Å²) in [6, 6.07) is 5.83. The van der Waals surface area contributed by atoms with Gasteiger partial charge in [0.05, 0.1) is 23.1 Å². The zero-order chi connectivity index (χ0) is 14.7. The average Bonchev–Trinajstić information content (AvgIpc) is 2.81. The highest BCUT2D eigenvalue weighted by molar-refractivity contribution is 5.95. The van der Waals surface area contributed by atoms with E-state index in [2.05, 4.69) is 10.4 Å². The standard InChI is InChI=1S/C14H17FN4O/c1-9(7-16)18-14(20)13-8-17-19(10(13)2)12-5-3-11(15)4-6-12/h3-6,8-9H,7,16H2,1-2H3,(H,18,20)/t9-/m0/s1. The van der Waals surface area contributed by atoms with Gasteiger partial charge in [-0.15, -0.1) is 0 Å². The molecule has 0 unspecified atom stereocenters. The molecule has 3 N–H and O–H groups in total. The Morgan fingerprint density at radius 3 is 2.70 bits per heavy atom. The number of nitrogens with zero attached hydrogens (tertiary/aromatic N) is 2. The maximum absolute atomic E-state index is 12.9. The number of carbonyl (C=O) groups is 1. The number of amides is 1. The zero-order valence-electron chi connectivity index (χ0n) is 11.4. The molecule has 0 radical (unpaired) electrons. The molecule has 1 aromatic carbocycles. The van der Waals surface area contributed by atoms with Crippen LogP contribution in [0.25, 0.3) is 5.69 Å². The Morgan fingerprint density at radius 1 is 1.45 bits per heavy atom. The van der Waals surface area contributed by atoms with Crippen LogP contribution in [0.3, 0.4) is 0 Å². The molecule has 0 aliphatic rings. The fraction of sp³-hybridized carbons (Fsp3) is 0.286. The Morgan fingerprint density at radius 2 is 2.10 bits per heavy atom. The van der Waals surface area contributed by atoms with Crippen molar-refractivity contribution in [3.05, 3.63) is 47.5 Å². The molecule has 1 aromatic heterocycles. The lowest BCUT2D eigenvalue weighted by atomic mass is 10.2. The van der Waals surface area contributed by atoms with E-state index >= 15 is 0 Å². The van der Waals surface area contributed by atoms with E-state index in [-0.39, 0.29) is 17.8 Å². The van der Waals surface area contributed by atoms with Crippen molar-refractivity contribution in [3.63, 3.8) is 0 Å². The maximum Gasteiger partial charge on any atom is 0.255 e. The monoisotopic (exact) mass is 276 g/mol. The fourth-order valence-corrected chi connectivity index (χ4v) is 1.84. The third-order valence-corrected chi connectivity index (χ3v) is 3.06. The van der Waals surface area contributed by atoms with Crippen LogP contribution in [0, 0.1) is 12.7 Å². The van der Waals surface area contributed by atoms with Gasteiger partial charge >= 0.3 is 0 Å². The zero-order valence-corrected chi connectivity index (χ0v) is 11.4. The second kappa shape index (κ2) is 5.83. The normalized spacial score (nSPS) is 12.2. The Labute approximate surface area is 116 Å². The molecule has 1 amide bonds. The van der Waals surface area contributed by atoms with Gasteiger partial charge in [-0.2, -0.15) is 5.10 Å². The number of nitrogens with one attached hydrogen (secondary N) is 1. The molecule has 0 fully saturated rings. The first kappa shape index (κ1) is 14.2. The molecule has 1 atom stereocenters. The molecule has 5 nitrogen and oxygen atoms in total. The first-order valence-electron chi connectivity index (χ1n) is 6.34. The topological polar surface area (TPSA) is 72.9 Å². The van der Waals surface area contributed by atoms with E-state index in [0.29, 0.717) is 23.5 Å². The van der Waals surface area contributed by atoms with E-state index in [9.17, 15) is 9.18 Å². The van der Waals surface area contributed by atoms with Crippen LogP contribution in [0.2, 0.25) is 0 Å². The van der Waals surface area contributed by atoms with Crippen LogP contribution in [0.1, 0.15) is 23.0 Å². The van der Waals surface area contributed by atoms with E-state index in [4.69, 9.17) is 5.73 Å². The van der Waals surface area contributed by atoms with Crippen LogP contribution in [0.15, 0.2) is 30.5 Å². The number of hydrogen-bond acceptors (Lipinski definition) is 3. The summed E-state index contributed by atoms with van der Waals surface area (Å²) in [6.45, 7) is 3.99. The van der Waals surface area contributed by atoms with Crippen molar-refractivity contribution in [2.24, 2.45) is 5.73 Å². The minimum absolute atomic E-state index is 0.101. The van der Waals surface area contributed by atoms with E-state index in [1.807, 2.05) is 6.92 Å². The van der Waals surface area contributed by atoms with Gasteiger partial charge in [0.15, 0.2) is 0 Å². The van der Waals surface area contributed by atoms with Gasteiger partial charge in [0.2, 0.25) is 0 Å². The van der Waals surface area contributed by atoms with Crippen molar-refractivity contribution in [2.75, 3.05) is 6.54 Å². The molecule has 0 saturated heterocycles. The highest BCUT2D eigenvalue weighted by atomic mass is 19.1. The lowest BCUT2D eigenvalue weighted by Gasteiger charge is -2.11. The predicted molar refractivity (Wildman–Crippen MR) is 74.2 cm³/mol. The molecule has 0 aliphatic carbocycles. The number of hydrogen-bond donors (Lipinski definition) is 2. The summed E-state index contributed by atoms with van der Waals surface area (Å²) >= 11 is 0. The van der Waals surface area contributed by atoms with Crippen LogP contribution in [0.5, 0.6) is 0 Å². The predicted octanol–water partition coefficient (Wildman–Crippen LogP) is 1.40. The lowest BCUT2D eigenvalue weighted by Crippen LogP contribution is -2.37. The Hall–Kier alpha value is -2.21. The van der Waals surface area contributed by atoms with Gasteiger partial charge in [0.25, 0.3) is 5.91 Å². The maximum atomic E-state index is 12.9. The largest absolute Gasteiger partial charge is 0.348 e. The summed E-state index contributed by atoms with van der Waals surface area (Å²) in [6.07, 6.45) is 1.50. The van der Waals surface area contributed by atoms with Gasteiger partial charge in [0, 0.05) is 12.6 Å². The third kappa shape index (κ3) is 2.85. The van der Waals surface area contributed by atoms with Crippen molar-refractivity contribution in [1.29, 1.82) is 0 Å². The summed E-state index contributed by atoms with van der Waals surface area (Å²) < 4.78 is 14.5. The number of carbonyl (C=O) groups excluding carboxylic acids is 1. The molecular weight excluding hydrogens is 259 g/mol. The Balaban J connectivity index is 2.27. The molecule has 0 saturated carbocycles. The van der Waals surface area contributed by atoms with Crippen molar-refractivity contribution in [2.45, 2.75) is 19.9 Å². The number of rotatable bonds is 4. The van der Waals surface area contributed by atoms with Crippen LogP contribution < -0.4 is 11.1 Å². The molecule has 0 spiro atoms. The highest BCUT2D eigenvalue weighted by Gasteiger charge is 2.16. The smallest absolute Gasteiger partial charge is 0.255 e. The quantitative estimate of drug-likeness (QED) is 0.886. The molecular formula is C14H17FN4O. The summed E-state index contributed by atoms with van der Waals surface area (Å²) in [5.41, 5.74) is 7.35. The first-order chi connectivity index (χ1) is 9.52. The van der Waals surface area contributed by atoms with Crippen molar-refractivity contribution >= 4 is 5.91 Å². The van der Waals surface area contributed by atoms with E-state index in [1.165, 1.54) is 18.3 Å². The summed E-state index contributed by atoms with van der Waals surface area (Å²) in [4.78, 5) is 12.1. The highest BCUT2D eigenvalue weighted by Crippen LogP contribution is 2.14. The van der Waals surface area contributed by atoms with Gasteiger partial charge in [0.1, 0.15) is 5.82 Å². The molecule has 0 aliphatic heterocycles. The molecule has 106 valence electrons. The lowest BCUT2D eigenvalue weighted by molar-refractivity contribution is 0.0940. The van der Waals surface area contributed by atoms with Crippen molar-refractivity contribution in [3.8, 4) is 5.69 Å². The van der Waals surface area contributed by atoms with Gasteiger partial charge in [-0.25, -0.2) is 9.07 Å². The SMILES string of the molecule is Cc1c(C(=O)N[C@@H](C)CN)cnn1-c1ccc(F)cc1. The molecule has 2 aromatic rings. The van der Waals surface area contributed by atoms with Gasteiger partial charge in [-0.3, -0.25) is 4.79 Å². The van der Waals surface area contributed by atoms with Gasteiger partial charge in [-0.1, -0.05) is 0 Å².